The van der Waals surface area contributed by atoms with Gasteiger partial charge >= 0.3 is 0 Å². The van der Waals surface area contributed by atoms with Gasteiger partial charge in [0.25, 0.3) is 0 Å². The van der Waals surface area contributed by atoms with Crippen LogP contribution in [-0.4, -0.2) is 11.6 Å². The standard InChI is InChI=1S/C22H21ClO2/c1-2-13-6-7-15(14-4-3-5-18(23)11-14)12-19(13)20-21(24)16-8-9-17(10-16)22(20)25/h3-7,11-12,16-17,20H,2,8-10H2,1H3/t16-,17+,20?. The predicted molar refractivity (Wildman–Crippen MR) is 99.9 cm³/mol. The topological polar surface area (TPSA) is 34.1 Å². The van der Waals surface area contributed by atoms with Gasteiger partial charge in [0.2, 0.25) is 0 Å². The van der Waals surface area contributed by atoms with Gasteiger partial charge in [0, 0.05) is 16.9 Å². The van der Waals surface area contributed by atoms with Crippen LogP contribution >= 0.6 is 11.6 Å². The van der Waals surface area contributed by atoms with Gasteiger partial charge in [0.15, 0.2) is 11.6 Å². The highest BCUT2D eigenvalue weighted by atomic mass is 35.5. The molecule has 0 amide bonds. The second-order valence-electron chi connectivity index (χ2n) is 7.22. The van der Waals surface area contributed by atoms with Crippen LogP contribution in [0.1, 0.15) is 43.2 Å². The number of ketones is 2. The van der Waals surface area contributed by atoms with Crippen LogP contribution in [0.2, 0.25) is 5.02 Å². The second-order valence-corrected chi connectivity index (χ2v) is 7.66. The van der Waals surface area contributed by atoms with Crippen molar-refractivity contribution in [2.75, 3.05) is 0 Å². The average molecular weight is 353 g/mol. The van der Waals surface area contributed by atoms with Crippen LogP contribution in [0.25, 0.3) is 11.1 Å². The first-order valence-electron chi connectivity index (χ1n) is 9.04. The van der Waals surface area contributed by atoms with Gasteiger partial charge in [-0.1, -0.05) is 42.8 Å². The van der Waals surface area contributed by atoms with E-state index in [1.54, 1.807) is 0 Å². The molecule has 2 aliphatic rings. The molecule has 0 saturated heterocycles. The van der Waals surface area contributed by atoms with E-state index < -0.39 is 5.92 Å². The minimum atomic E-state index is -0.569. The fourth-order valence-corrected chi connectivity index (χ4v) is 4.64. The molecule has 1 unspecified atom stereocenters. The van der Waals surface area contributed by atoms with E-state index in [0.29, 0.717) is 5.02 Å². The normalized spacial score (nSPS) is 25.4. The summed E-state index contributed by atoms with van der Waals surface area (Å²) in [7, 11) is 0. The number of carbonyl (C=O) groups excluding carboxylic acids is 2. The Morgan fingerprint density at radius 1 is 0.960 bits per heavy atom. The van der Waals surface area contributed by atoms with Crippen molar-refractivity contribution in [2.45, 2.75) is 38.5 Å². The van der Waals surface area contributed by atoms with Crippen molar-refractivity contribution in [3.8, 4) is 11.1 Å². The molecule has 0 N–H and O–H groups in total. The van der Waals surface area contributed by atoms with Gasteiger partial charge in [-0.3, -0.25) is 9.59 Å². The number of halogens is 1. The molecule has 2 aromatic carbocycles. The molecule has 2 aliphatic carbocycles. The molecule has 3 atom stereocenters. The third-order valence-electron chi connectivity index (χ3n) is 5.80. The van der Waals surface area contributed by atoms with E-state index in [9.17, 15) is 9.59 Å². The summed E-state index contributed by atoms with van der Waals surface area (Å²) in [6.07, 6.45) is 3.34. The molecule has 0 heterocycles. The van der Waals surface area contributed by atoms with Gasteiger partial charge in [-0.05, 0) is 66.1 Å². The molecule has 25 heavy (non-hydrogen) atoms. The Balaban J connectivity index is 1.81. The van der Waals surface area contributed by atoms with E-state index in [2.05, 4.69) is 19.1 Å². The fraction of sp³-hybridized carbons (Fsp3) is 0.364. The van der Waals surface area contributed by atoms with Crippen LogP contribution in [0.5, 0.6) is 0 Å². The molecule has 2 aromatic rings. The van der Waals surface area contributed by atoms with Crippen molar-refractivity contribution >= 4 is 23.2 Å². The summed E-state index contributed by atoms with van der Waals surface area (Å²) in [6.45, 7) is 2.07. The first kappa shape index (κ1) is 16.5. The number of rotatable bonds is 3. The van der Waals surface area contributed by atoms with E-state index in [4.69, 9.17) is 11.6 Å². The summed E-state index contributed by atoms with van der Waals surface area (Å²) in [4.78, 5) is 25.8. The SMILES string of the molecule is CCc1ccc(-c2cccc(Cl)c2)cc1C1C(=O)[C@@H]2CC[C@@H](C2)C1=O. The Bertz CT molecular complexity index is 833. The summed E-state index contributed by atoms with van der Waals surface area (Å²) in [5.41, 5.74) is 4.02. The Labute approximate surface area is 153 Å². The Hall–Kier alpha value is -1.93. The number of hydrogen-bond acceptors (Lipinski definition) is 2. The second kappa shape index (κ2) is 6.42. The van der Waals surface area contributed by atoms with E-state index in [0.717, 1.165) is 47.9 Å². The van der Waals surface area contributed by atoms with Crippen LogP contribution in [-0.2, 0) is 16.0 Å². The molecule has 2 fully saturated rings. The zero-order valence-electron chi connectivity index (χ0n) is 14.3. The number of carbonyl (C=O) groups is 2. The lowest BCUT2D eigenvalue weighted by Crippen LogP contribution is -2.35. The maximum absolute atomic E-state index is 12.9. The van der Waals surface area contributed by atoms with E-state index in [1.165, 1.54) is 0 Å². The third-order valence-corrected chi connectivity index (χ3v) is 6.04. The van der Waals surface area contributed by atoms with Gasteiger partial charge < -0.3 is 0 Å². The maximum Gasteiger partial charge on any atom is 0.150 e. The van der Waals surface area contributed by atoms with Gasteiger partial charge in [-0.25, -0.2) is 0 Å². The van der Waals surface area contributed by atoms with Crippen LogP contribution < -0.4 is 0 Å². The summed E-state index contributed by atoms with van der Waals surface area (Å²) in [5, 5.41) is 0.682. The molecular formula is C22H21ClO2. The number of fused-ring (bicyclic) bond motifs is 2. The Kier molecular flexibility index (Phi) is 4.24. The van der Waals surface area contributed by atoms with Crippen molar-refractivity contribution in [1.82, 2.24) is 0 Å². The first-order chi connectivity index (χ1) is 12.1. The van der Waals surface area contributed by atoms with Crippen molar-refractivity contribution < 1.29 is 9.59 Å². The molecule has 0 aliphatic heterocycles. The molecular weight excluding hydrogens is 332 g/mol. The number of hydrogen-bond donors (Lipinski definition) is 0. The van der Waals surface area contributed by atoms with Gasteiger partial charge in [-0.2, -0.15) is 0 Å². The lowest BCUT2D eigenvalue weighted by Gasteiger charge is -2.27. The monoisotopic (exact) mass is 352 g/mol. The van der Waals surface area contributed by atoms with E-state index in [1.807, 2.05) is 30.3 Å². The molecule has 2 saturated carbocycles. The zero-order valence-corrected chi connectivity index (χ0v) is 15.1. The van der Waals surface area contributed by atoms with Gasteiger partial charge in [0.05, 0.1) is 0 Å². The number of benzene rings is 2. The molecule has 0 spiro atoms. The minimum Gasteiger partial charge on any atom is -0.298 e. The number of Topliss-reactive ketones (excluding diaryl/α,β-unsaturated/α-hetero) is 2. The largest absolute Gasteiger partial charge is 0.298 e. The smallest absolute Gasteiger partial charge is 0.150 e. The molecule has 4 rings (SSSR count). The molecule has 0 aromatic heterocycles. The van der Waals surface area contributed by atoms with Crippen LogP contribution in [0, 0.1) is 11.8 Å². The van der Waals surface area contributed by atoms with E-state index >= 15 is 0 Å². The molecule has 128 valence electrons. The van der Waals surface area contributed by atoms with Crippen LogP contribution in [0.4, 0.5) is 0 Å². The summed E-state index contributed by atoms with van der Waals surface area (Å²) < 4.78 is 0. The van der Waals surface area contributed by atoms with Gasteiger partial charge in [-0.15, -0.1) is 0 Å². The fourth-order valence-electron chi connectivity index (χ4n) is 4.45. The van der Waals surface area contributed by atoms with Crippen LogP contribution in [0.15, 0.2) is 42.5 Å². The summed E-state index contributed by atoms with van der Waals surface area (Å²) >= 11 is 6.13. The highest BCUT2D eigenvalue weighted by Gasteiger charge is 2.47. The lowest BCUT2D eigenvalue weighted by molar-refractivity contribution is -0.135. The predicted octanol–water partition coefficient (Wildman–Crippen LogP) is 5.22. The molecule has 2 nitrogen and oxygen atoms in total. The van der Waals surface area contributed by atoms with Crippen LogP contribution in [0.3, 0.4) is 0 Å². The van der Waals surface area contributed by atoms with Crippen molar-refractivity contribution in [3.63, 3.8) is 0 Å². The molecule has 2 bridgehead atoms. The molecule has 0 radical (unpaired) electrons. The Morgan fingerprint density at radius 3 is 2.28 bits per heavy atom. The number of aryl methyl sites for hydroxylation is 1. The van der Waals surface area contributed by atoms with Gasteiger partial charge in [0.1, 0.15) is 5.92 Å². The maximum atomic E-state index is 12.9. The third kappa shape index (κ3) is 2.83. The molecule has 3 heteroatoms. The van der Waals surface area contributed by atoms with Crippen molar-refractivity contribution in [1.29, 1.82) is 0 Å². The Morgan fingerprint density at radius 2 is 1.64 bits per heavy atom. The van der Waals surface area contributed by atoms with E-state index in [-0.39, 0.29) is 23.4 Å². The first-order valence-corrected chi connectivity index (χ1v) is 9.42. The lowest BCUT2D eigenvalue weighted by atomic mass is 9.73. The van der Waals surface area contributed by atoms with Crippen molar-refractivity contribution in [2.24, 2.45) is 11.8 Å². The summed E-state index contributed by atoms with van der Waals surface area (Å²) in [5.74, 6) is -0.145. The summed E-state index contributed by atoms with van der Waals surface area (Å²) in [6, 6.07) is 13.8. The minimum absolute atomic E-state index is 0.0761. The average Bonchev–Trinajstić information content (AvgIpc) is 3.07. The van der Waals surface area contributed by atoms with Crippen molar-refractivity contribution in [3.05, 3.63) is 58.6 Å². The zero-order chi connectivity index (χ0) is 17.6. The quantitative estimate of drug-likeness (QED) is 0.709. The highest BCUT2D eigenvalue weighted by Crippen LogP contribution is 2.45. The highest BCUT2D eigenvalue weighted by molar-refractivity contribution is 6.30.